The molecule has 2 fully saturated rings. The lowest BCUT2D eigenvalue weighted by Gasteiger charge is -2.38. The van der Waals surface area contributed by atoms with E-state index >= 15 is 0 Å². The number of amides is 2. The summed E-state index contributed by atoms with van der Waals surface area (Å²) in [6.45, 7) is 3.84. The highest BCUT2D eigenvalue weighted by molar-refractivity contribution is 7.89. The van der Waals surface area contributed by atoms with Gasteiger partial charge in [0.25, 0.3) is 0 Å². The van der Waals surface area contributed by atoms with E-state index in [-0.39, 0.29) is 40.7 Å². The minimum atomic E-state index is -3.68. The lowest BCUT2D eigenvalue weighted by molar-refractivity contribution is -0.141. The number of likely N-dealkylation sites (tertiary alicyclic amines) is 1. The molecular formula is C18H24ClN3O4S. The second-order valence-corrected chi connectivity index (χ2v) is 9.28. The van der Waals surface area contributed by atoms with Gasteiger partial charge in [-0.2, -0.15) is 4.31 Å². The molecule has 2 aliphatic rings. The van der Waals surface area contributed by atoms with E-state index in [9.17, 15) is 18.0 Å². The van der Waals surface area contributed by atoms with E-state index in [0.29, 0.717) is 26.2 Å². The number of halogens is 1. The highest BCUT2D eigenvalue weighted by Gasteiger charge is 2.35. The van der Waals surface area contributed by atoms with Gasteiger partial charge in [-0.1, -0.05) is 23.7 Å². The summed E-state index contributed by atoms with van der Waals surface area (Å²) in [5.74, 6) is -0.201. The summed E-state index contributed by atoms with van der Waals surface area (Å²) in [6.07, 6.45) is 1.58. The van der Waals surface area contributed by atoms with Crippen LogP contribution in [0.4, 0.5) is 0 Å². The quantitative estimate of drug-likeness (QED) is 0.751. The zero-order valence-electron chi connectivity index (χ0n) is 15.3. The van der Waals surface area contributed by atoms with E-state index in [2.05, 4.69) is 0 Å². The number of carbonyl (C=O) groups excluding carboxylic acids is 2. The van der Waals surface area contributed by atoms with Gasteiger partial charge in [-0.3, -0.25) is 9.59 Å². The molecular weight excluding hydrogens is 390 g/mol. The minimum Gasteiger partial charge on any atom is -0.342 e. The van der Waals surface area contributed by atoms with Crippen LogP contribution in [-0.2, 0) is 19.6 Å². The smallest absolute Gasteiger partial charge is 0.244 e. The molecule has 2 heterocycles. The maximum Gasteiger partial charge on any atom is 0.244 e. The normalized spacial score (nSPS) is 21.9. The third-order valence-corrected chi connectivity index (χ3v) is 7.62. The Hall–Kier alpha value is -1.64. The summed E-state index contributed by atoms with van der Waals surface area (Å²) in [6, 6.07) is 6.38. The third-order valence-electron chi connectivity index (χ3n) is 5.22. The first-order chi connectivity index (χ1) is 12.8. The molecule has 1 atom stereocenters. The summed E-state index contributed by atoms with van der Waals surface area (Å²) in [4.78, 5) is 27.9. The van der Waals surface area contributed by atoms with Crippen LogP contribution < -0.4 is 0 Å². The van der Waals surface area contributed by atoms with Crippen molar-refractivity contribution < 1.29 is 18.0 Å². The molecule has 0 spiro atoms. The number of rotatable bonds is 3. The van der Waals surface area contributed by atoms with Crippen molar-refractivity contribution in [1.29, 1.82) is 0 Å². The van der Waals surface area contributed by atoms with Gasteiger partial charge in [0.15, 0.2) is 0 Å². The molecule has 0 bridgehead atoms. The van der Waals surface area contributed by atoms with Gasteiger partial charge < -0.3 is 9.80 Å². The number of benzene rings is 1. The predicted molar refractivity (Wildman–Crippen MR) is 102 cm³/mol. The molecule has 9 heteroatoms. The molecule has 0 aromatic heterocycles. The van der Waals surface area contributed by atoms with Crippen LogP contribution in [0.15, 0.2) is 29.2 Å². The van der Waals surface area contributed by atoms with Crippen molar-refractivity contribution in [2.24, 2.45) is 5.92 Å². The van der Waals surface area contributed by atoms with Gasteiger partial charge >= 0.3 is 0 Å². The molecule has 148 valence electrons. The summed E-state index contributed by atoms with van der Waals surface area (Å²) >= 11 is 6.05. The molecule has 0 aliphatic carbocycles. The average Bonchev–Trinajstić information content (AvgIpc) is 2.68. The molecule has 0 unspecified atom stereocenters. The molecule has 3 rings (SSSR count). The third kappa shape index (κ3) is 4.28. The summed E-state index contributed by atoms with van der Waals surface area (Å²) in [5, 5.41) is 0.197. The largest absolute Gasteiger partial charge is 0.342 e. The van der Waals surface area contributed by atoms with Gasteiger partial charge in [-0.15, -0.1) is 0 Å². The van der Waals surface area contributed by atoms with E-state index in [1.54, 1.807) is 28.0 Å². The van der Waals surface area contributed by atoms with Gasteiger partial charge in [0, 0.05) is 46.2 Å². The fraction of sp³-hybridized carbons (Fsp3) is 0.556. The van der Waals surface area contributed by atoms with Crippen LogP contribution in [0.3, 0.4) is 0 Å². The van der Waals surface area contributed by atoms with Crippen LogP contribution in [0, 0.1) is 5.92 Å². The van der Waals surface area contributed by atoms with E-state index in [1.807, 2.05) is 0 Å². The monoisotopic (exact) mass is 413 g/mol. The molecule has 2 saturated heterocycles. The Morgan fingerprint density at radius 2 is 1.70 bits per heavy atom. The Balaban J connectivity index is 1.62. The Morgan fingerprint density at radius 3 is 2.33 bits per heavy atom. The Labute approximate surface area is 164 Å². The fourth-order valence-electron chi connectivity index (χ4n) is 3.66. The van der Waals surface area contributed by atoms with Gasteiger partial charge in [-0.25, -0.2) is 8.42 Å². The van der Waals surface area contributed by atoms with Gasteiger partial charge in [-0.05, 0) is 25.0 Å². The summed E-state index contributed by atoms with van der Waals surface area (Å²) in [7, 11) is -3.68. The lowest BCUT2D eigenvalue weighted by Crippen LogP contribution is -2.53. The van der Waals surface area contributed by atoms with Crippen molar-refractivity contribution in [2.45, 2.75) is 24.7 Å². The van der Waals surface area contributed by atoms with Crippen molar-refractivity contribution in [3.05, 3.63) is 29.3 Å². The molecule has 27 heavy (non-hydrogen) atoms. The number of piperazine rings is 1. The first-order valence-corrected chi connectivity index (χ1v) is 10.9. The lowest BCUT2D eigenvalue weighted by atomic mass is 9.96. The fourth-order valence-corrected chi connectivity index (χ4v) is 5.58. The average molecular weight is 414 g/mol. The van der Waals surface area contributed by atoms with E-state index in [0.717, 1.165) is 12.8 Å². The van der Waals surface area contributed by atoms with E-state index in [4.69, 9.17) is 11.6 Å². The SMILES string of the molecule is CC(=O)N1CCC[C@H](C(=O)N2CCN(S(=O)(=O)c3ccccc3Cl)CC2)C1. The number of hydrogen-bond donors (Lipinski definition) is 0. The number of piperidine rings is 1. The van der Waals surface area contributed by atoms with Gasteiger partial charge in [0.1, 0.15) is 4.90 Å². The number of nitrogens with zero attached hydrogens (tertiary/aromatic N) is 3. The summed E-state index contributed by atoms with van der Waals surface area (Å²) in [5.41, 5.74) is 0. The zero-order valence-corrected chi connectivity index (χ0v) is 16.9. The van der Waals surface area contributed by atoms with Crippen molar-refractivity contribution in [3.8, 4) is 0 Å². The van der Waals surface area contributed by atoms with Crippen LogP contribution in [0.2, 0.25) is 5.02 Å². The first-order valence-electron chi connectivity index (χ1n) is 9.09. The van der Waals surface area contributed by atoms with Gasteiger partial charge in [0.2, 0.25) is 21.8 Å². The Morgan fingerprint density at radius 1 is 1.04 bits per heavy atom. The van der Waals surface area contributed by atoms with Crippen molar-refractivity contribution in [2.75, 3.05) is 39.3 Å². The van der Waals surface area contributed by atoms with E-state index < -0.39 is 10.0 Å². The summed E-state index contributed by atoms with van der Waals surface area (Å²) < 4.78 is 27.0. The Bertz CT molecular complexity index is 822. The highest BCUT2D eigenvalue weighted by atomic mass is 35.5. The highest BCUT2D eigenvalue weighted by Crippen LogP contribution is 2.26. The minimum absolute atomic E-state index is 0.00995. The first kappa shape index (κ1) is 20.1. The van der Waals surface area contributed by atoms with E-state index in [1.165, 1.54) is 17.3 Å². The zero-order chi connectivity index (χ0) is 19.6. The number of hydrogen-bond acceptors (Lipinski definition) is 4. The van der Waals surface area contributed by atoms with Crippen LogP contribution in [0.5, 0.6) is 0 Å². The van der Waals surface area contributed by atoms with Crippen molar-refractivity contribution in [1.82, 2.24) is 14.1 Å². The molecule has 0 radical (unpaired) electrons. The van der Waals surface area contributed by atoms with Crippen LogP contribution in [-0.4, -0.2) is 73.6 Å². The number of carbonyl (C=O) groups is 2. The van der Waals surface area contributed by atoms with Crippen molar-refractivity contribution >= 4 is 33.4 Å². The molecule has 2 aliphatic heterocycles. The molecule has 0 saturated carbocycles. The van der Waals surface area contributed by atoms with Crippen LogP contribution in [0.25, 0.3) is 0 Å². The van der Waals surface area contributed by atoms with Crippen LogP contribution in [0.1, 0.15) is 19.8 Å². The second kappa shape index (κ2) is 8.16. The van der Waals surface area contributed by atoms with Crippen LogP contribution >= 0.6 is 11.6 Å². The molecule has 1 aromatic carbocycles. The molecule has 1 aromatic rings. The molecule has 0 N–H and O–H groups in total. The van der Waals surface area contributed by atoms with Gasteiger partial charge in [0.05, 0.1) is 10.9 Å². The standard InChI is InChI=1S/C18H24ClN3O4S/c1-14(23)21-8-4-5-15(13-21)18(24)20-9-11-22(12-10-20)27(25,26)17-7-3-2-6-16(17)19/h2-3,6-7,15H,4-5,8-13H2,1H3/t15-/m0/s1. The predicted octanol–water partition coefficient (Wildman–Crippen LogP) is 1.43. The maximum atomic E-state index is 12.8. The topological polar surface area (TPSA) is 78.0 Å². The Kier molecular flexibility index (Phi) is 6.08. The maximum absolute atomic E-state index is 12.8. The molecule has 2 amide bonds. The van der Waals surface area contributed by atoms with Crippen molar-refractivity contribution in [3.63, 3.8) is 0 Å². The molecule has 7 nitrogen and oxygen atoms in total. The second-order valence-electron chi connectivity index (χ2n) is 6.96. The number of sulfonamides is 1.